The smallest absolute Gasteiger partial charge is 0.325 e. The summed E-state index contributed by atoms with van der Waals surface area (Å²) in [7, 11) is 0. The first-order valence-corrected chi connectivity index (χ1v) is 16.1. The Bertz CT molecular complexity index is 1690. The van der Waals surface area contributed by atoms with Crippen molar-refractivity contribution in [2.24, 2.45) is 22.7 Å². The van der Waals surface area contributed by atoms with Crippen LogP contribution in [0.3, 0.4) is 0 Å². The van der Waals surface area contributed by atoms with E-state index >= 15 is 0 Å². The number of hydrogen-bond acceptors (Lipinski definition) is 4. The monoisotopic (exact) mass is 600 g/mol. The number of fused-ring (bicyclic) bond motifs is 1. The van der Waals surface area contributed by atoms with Gasteiger partial charge >= 0.3 is 6.03 Å². The SMILES string of the molecule is CC(C)C(N)C(=O)Nc1ccc([N@+]2(Cc3ccccc3-c3ccccc3)N=C(C3CCCCC3)c3ccccc3NC2=O)cc1. The summed E-state index contributed by atoms with van der Waals surface area (Å²) in [6.07, 6.45) is 5.61. The molecule has 230 valence electrons. The van der Waals surface area contributed by atoms with Crippen LogP contribution in [0.15, 0.2) is 108 Å². The van der Waals surface area contributed by atoms with Crippen LogP contribution >= 0.6 is 0 Å². The Kier molecular flexibility index (Phi) is 8.92. The number of nitrogens with zero attached hydrogens (tertiary/aromatic N) is 2. The highest BCUT2D eigenvalue weighted by Crippen LogP contribution is 2.39. The van der Waals surface area contributed by atoms with Gasteiger partial charge in [0.1, 0.15) is 12.3 Å². The quantitative estimate of drug-likeness (QED) is 0.177. The number of amides is 3. The van der Waals surface area contributed by atoms with Crippen molar-refractivity contribution in [2.75, 3.05) is 10.6 Å². The second-order valence-electron chi connectivity index (χ2n) is 12.6. The Morgan fingerprint density at radius 1 is 0.867 bits per heavy atom. The molecule has 1 aliphatic heterocycles. The lowest BCUT2D eigenvalue weighted by atomic mass is 9.83. The van der Waals surface area contributed by atoms with E-state index in [2.05, 4.69) is 41.0 Å². The van der Waals surface area contributed by atoms with Crippen molar-refractivity contribution >= 4 is 34.7 Å². The summed E-state index contributed by atoms with van der Waals surface area (Å²) in [5, 5.41) is 11.7. The average Bonchev–Trinajstić information content (AvgIpc) is 3.20. The molecule has 1 fully saturated rings. The van der Waals surface area contributed by atoms with Crippen molar-refractivity contribution in [3.63, 3.8) is 0 Å². The molecule has 4 aromatic rings. The van der Waals surface area contributed by atoms with Crippen LogP contribution in [-0.4, -0.2) is 23.7 Å². The number of rotatable bonds is 8. The van der Waals surface area contributed by atoms with E-state index in [1.54, 1.807) is 0 Å². The van der Waals surface area contributed by atoms with Crippen LogP contribution in [0.2, 0.25) is 0 Å². The Morgan fingerprint density at radius 2 is 1.51 bits per heavy atom. The summed E-state index contributed by atoms with van der Waals surface area (Å²) in [5.41, 5.74) is 13.3. The van der Waals surface area contributed by atoms with Gasteiger partial charge < -0.3 is 11.1 Å². The second kappa shape index (κ2) is 13.2. The zero-order valence-corrected chi connectivity index (χ0v) is 26.1. The molecule has 1 saturated carbocycles. The molecule has 7 heteroatoms. The molecule has 0 aromatic heterocycles. The van der Waals surface area contributed by atoms with Crippen LogP contribution in [0.5, 0.6) is 0 Å². The summed E-state index contributed by atoms with van der Waals surface area (Å²) in [6.45, 7) is 4.16. The standard InChI is InChI=1S/C38H41N5O2/c1-26(2)35(39)37(44)40-30-21-23-31(24-22-30)43(25-29-17-9-10-18-32(29)27-13-5-3-6-14-27)38(45)41-34-20-12-11-19-33(34)36(42-43)28-15-7-4-8-16-28/h3,5-6,9-14,17-24,26,28,35H,4,7-8,15-16,25,39H2,1-2H3,(H-,40,41,42,44,45)/p+1/t35?,43-/m0/s1. The number of carbonyl (C=O) groups excluding carboxylic acids is 2. The Morgan fingerprint density at radius 3 is 2.22 bits per heavy atom. The van der Waals surface area contributed by atoms with Crippen molar-refractivity contribution in [3.05, 3.63) is 114 Å². The van der Waals surface area contributed by atoms with Gasteiger partial charge in [0.2, 0.25) is 5.91 Å². The molecule has 3 amide bonds. The van der Waals surface area contributed by atoms with Gasteiger partial charge in [0.15, 0.2) is 5.69 Å². The Balaban J connectivity index is 1.51. The number of quaternary nitrogens is 1. The minimum absolute atomic E-state index is 0.0118. The van der Waals surface area contributed by atoms with Gasteiger partial charge in [-0.2, -0.15) is 0 Å². The van der Waals surface area contributed by atoms with Gasteiger partial charge in [-0.15, -0.1) is 0 Å². The molecule has 7 nitrogen and oxygen atoms in total. The van der Waals surface area contributed by atoms with Gasteiger partial charge in [0, 0.05) is 34.9 Å². The van der Waals surface area contributed by atoms with E-state index in [-0.39, 0.29) is 28.4 Å². The van der Waals surface area contributed by atoms with Crippen LogP contribution in [0, 0.1) is 11.8 Å². The molecular weight excluding hydrogens is 558 g/mol. The van der Waals surface area contributed by atoms with Crippen LogP contribution < -0.4 is 21.0 Å². The summed E-state index contributed by atoms with van der Waals surface area (Å²) >= 11 is 0. The van der Waals surface area contributed by atoms with E-state index in [1.807, 2.05) is 86.6 Å². The topological polar surface area (TPSA) is 96.6 Å². The third-order valence-corrected chi connectivity index (χ3v) is 9.14. The molecule has 1 aliphatic carbocycles. The maximum Gasteiger partial charge on any atom is 0.453 e. The molecule has 1 heterocycles. The molecule has 0 radical (unpaired) electrons. The number of para-hydroxylation sites is 1. The number of nitrogens with two attached hydrogens (primary N) is 1. The fraction of sp³-hybridized carbons (Fsp3) is 0.289. The van der Waals surface area contributed by atoms with Crippen molar-refractivity contribution in [1.29, 1.82) is 0 Å². The highest BCUT2D eigenvalue weighted by Gasteiger charge is 2.46. The van der Waals surface area contributed by atoms with E-state index in [9.17, 15) is 9.59 Å². The number of benzene rings is 4. The molecule has 1 unspecified atom stereocenters. The van der Waals surface area contributed by atoms with Crippen LogP contribution in [-0.2, 0) is 11.3 Å². The minimum Gasteiger partial charge on any atom is -0.325 e. The first kappa shape index (κ1) is 30.4. The van der Waals surface area contributed by atoms with Crippen molar-refractivity contribution in [1.82, 2.24) is 4.59 Å². The summed E-state index contributed by atoms with van der Waals surface area (Å²) in [4.78, 5) is 27.4. The fourth-order valence-electron chi connectivity index (χ4n) is 6.48. The van der Waals surface area contributed by atoms with Crippen molar-refractivity contribution in [3.8, 4) is 11.1 Å². The number of nitrogens with one attached hydrogen (secondary N) is 2. The Hall–Kier alpha value is -4.59. The molecule has 6 rings (SSSR count). The predicted molar refractivity (Wildman–Crippen MR) is 184 cm³/mol. The first-order chi connectivity index (χ1) is 21.9. The molecule has 4 N–H and O–H groups in total. The van der Waals surface area contributed by atoms with E-state index in [4.69, 9.17) is 10.8 Å². The highest BCUT2D eigenvalue weighted by molar-refractivity contribution is 6.13. The second-order valence-corrected chi connectivity index (χ2v) is 12.6. The number of anilines is 2. The van der Waals surface area contributed by atoms with E-state index in [1.165, 1.54) is 6.42 Å². The lowest BCUT2D eigenvalue weighted by Crippen LogP contribution is -2.51. The van der Waals surface area contributed by atoms with Crippen LogP contribution in [0.4, 0.5) is 21.9 Å². The third kappa shape index (κ3) is 6.32. The molecule has 0 spiro atoms. The third-order valence-electron chi connectivity index (χ3n) is 9.14. The Labute approximate surface area is 265 Å². The normalized spacial score (nSPS) is 19.2. The molecule has 2 aliphatic rings. The van der Waals surface area contributed by atoms with Crippen LogP contribution in [0.25, 0.3) is 11.1 Å². The lowest BCUT2D eigenvalue weighted by Gasteiger charge is -2.31. The molecule has 4 aromatic carbocycles. The van der Waals surface area contributed by atoms with Gasteiger partial charge in [0.25, 0.3) is 0 Å². The first-order valence-electron chi connectivity index (χ1n) is 16.1. The molecule has 0 bridgehead atoms. The van der Waals surface area contributed by atoms with Crippen molar-refractivity contribution in [2.45, 2.75) is 58.5 Å². The van der Waals surface area contributed by atoms with E-state index in [0.717, 1.165) is 59.3 Å². The van der Waals surface area contributed by atoms with Gasteiger partial charge in [-0.1, -0.05) is 116 Å². The average molecular weight is 601 g/mol. The van der Waals surface area contributed by atoms with E-state index < -0.39 is 6.04 Å². The predicted octanol–water partition coefficient (Wildman–Crippen LogP) is 8.31. The van der Waals surface area contributed by atoms with Gasteiger partial charge in [0.05, 0.1) is 11.7 Å². The molecule has 2 atom stereocenters. The molecule has 0 saturated heterocycles. The molecular formula is C38H42N5O2+. The van der Waals surface area contributed by atoms with Crippen LogP contribution in [0.1, 0.15) is 57.1 Å². The number of carbonyl (C=O) groups is 2. The summed E-state index contributed by atoms with van der Waals surface area (Å²) in [6, 6.07) is 33.2. The largest absolute Gasteiger partial charge is 0.453 e. The van der Waals surface area contributed by atoms with Gasteiger partial charge in [-0.05, 0) is 48.1 Å². The minimum atomic E-state index is -0.616. The lowest BCUT2D eigenvalue weighted by molar-refractivity contribution is -0.118. The van der Waals surface area contributed by atoms with Gasteiger partial charge in [-0.25, -0.2) is 4.79 Å². The summed E-state index contributed by atoms with van der Waals surface area (Å²) < 4.78 is -0.288. The molecule has 45 heavy (non-hydrogen) atoms. The van der Waals surface area contributed by atoms with Gasteiger partial charge in [-0.3, -0.25) is 10.1 Å². The zero-order chi connectivity index (χ0) is 31.4. The maximum atomic E-state index is 14.7. The number of urea groups is 1. The van der Waals surface area contributed by atoms with Crippen molar-refractivity contribution < 1.29 is 9.59 Å². The maximum absolute atomic E-state index is 14.7. The fourth-order valence-corrected chi connectivity index (χ4v) is 6.48. The number of hydrogen-bond donors (Lipinski definition) is 3. The highest BCUT2D eigenvalue weighted by atomic mass is 16.2. The zero-order valence-electron chi connectivity index (χ0n) is 26.1. The van der Waals surface area contributed by atoms with E-state index in [0.29, 0.717) is 17.9 Å². The summed E-state index contributed by atoms with van der Waals surface area (Å²) in [5.74, 6) is 0.0299.